The standard InChI is InChI=1S/C18H23N3O5S/c1-13-5-6-16(25-3)17(11-13)27(23,24)21-8-4-7-20(9-10-21)18(22)15-12-14(2)26-19-15/h5-6,11-12H,4,7-10H2,1-3H3. The van der Waals surface area contributed by atoms with Crippen LogP contribution in [0.3, 0.4) is 0 Å². The van der Waals surface area contributed by atoms with Gasteiger partial charge in [-0.2, -0.15) is 4.31 Å². The van der Waals surface area contributed by atoms with E-state index in [4.69, 9.17) is 9.26 Å². The van der Waals surface area contributed by atoms with Crippen molar-refractivity contribution in [2.45, 2.75) is 25.2 Å². The molecule has 27 heavy (non-hydrogen) atoms. The molecule has 1 amide bonds. The van der Waals surface area contributed by atoms with E-state index in [-0.39, 0.29) is 29.6 Å². The van der Waals surface area contributed by atoms with Crippen molar-refractivity contribution >= 4 is 15.9 Å². The van der Waals surface area contributed by atoms with Gasteiger partial charge in [0.05, 0.1) is 7.11 Å². The quantitative estimate of drug-likeness (QED) is 0.787. The van der Waals surface area contributed by atoms with Crippen LogP contribution >= 0.6 is 0 Å². The molecule has 1 fully saturated rings. The van der Waals surface area contributed by atoms with Gasteiger partial charge in [0.1, 0.15) is 16.4 Å². The van der Waals surface area contributed by atoms with E-state index in [9.17, 15) is 13.2 Å². The van der Waals surface area contributed by atoms with Gasteiger partial charge in [0.2, 0.25) is 10.0 Å². The summed E-state index contributed by atoms with van der Waals surface area (Å²) in [6.45, 7) is 4.85. The van der Waals surface area contributed by atoms with Gasteiger partial charge in [0, 0.05) is 32.2 Å². The molecule has 3 rings (SSSR count). The molecule has 0 radical (unpaired) electrons. The normalized spacial score (nSPS) is 16.2. The largest absolute Gasteiger partial charge is 0.495 e. The summed E-state index contributed by atoms with van der Waals surface area (Å²) in [7, 11) is -2.27. The van der Waals surface area contributed by atoms with E-state index < -0.39 is 10.0 Å². The van der Waals surface area contributed by atoms with E-state index in [1.54, 1.807) is 36.1 Å². The van der Waals surface area contributed by atoms with Crippen molar-refractivity contribution in [3.63, 3.8) is 0 Å². The Labute approximate surface area is 158 Å². The van der Waals surface area contributed by atoms with Gasteiger partial charge in [0.15, 0.2) is 5.69 Å². The molecule has 2 aromatic rings. The molecule has 1 aliphatic heterocycles. The van der Waals surface area contributed by atoms with Crippen LogP contribution < -0.4 is 4.74 Å². The molecular weight excluding hydrogens is 370 g/mol. The highest BCUT2D eigenvalue weighted by Crippen LogP contribution is 2.28. The molecule has 9 heteroatoms. The minimum absolute atomic E-state index is 0.150. The van der Waals surface area contributed by atoms with Crippen LogP contribution in [0.1, 0.15) is 28.2 Å². The first-order valence-electron chi connectivity index (χ1n) is 8.70. The van der Waals surface area contributed by atoms with Gasteiger partial charge < -0.3 is 14.2 Å². The number of benzene rings is 1. The predicted molar refractivity (Wildman–Crippen MR) is 98.3 cm³/mol. The topological polar surface area (TPSA) is 93.0 Å². The Hall–Kier alpha value is -2.39. The van der Waals surface area contributed by atoms with E-state index in [0.29, 0.717) is 31.0 Å². The maximum absolute atomic E-state index is 13.1. The number of hydrogen-bond acceptors (Lipinski definition) is 6. The lowest BCUT2D eigenvalue weighted by atomic mass is 10.2. The summed E-state index contributed by atoms with van der Waals surface area (Å²) >= 11 is 0. The van der Waals surface area contributed by atoms with Gasteiger partial charge in [-0.15, -0.1) is 0 Å². The number of nitrogens with zero attached hydrogens (tertiary/aromatic N) is 3. The molecule has 0 aliphatic carbocycles. The van der Waals surface area contributed by atoms with Crippen LogP contribution in [0.15, 0.2) is 33.7 Å². The van der Waals surface area contributed by atoms with Crippen LogP contribution in [0.25, 0.3) is 0 Å². The number of aryl methyl sites for hydroxylation is 2. The van der Waals surface area contributed by atoms with Crippen LogP contribution in [-0.4, -0.2) is 62.0 Å². The molecule has 0 spiro atoms. The molecule has 1 saturated heterocycles. The maximum Gasteiger partial charge on any atom is 0.276 e. The van der Waals surface area contributed by atoms with Crippen molar-refractivity contribution in [2.75, 3.05) is 33.3 Å². The number of ether oxygens (including phenoxy) is 1. The van der Waals surface area contributed by atoms with E-state index in [0.717, 1.165) is 5.56 Å². The van der Waals surface area contributed by atoms with Gasteiger partial charge >= 0.3 is 0 Å². The maximum atomic E-state index is 13.1. The summed E-state index contributed by atoms with van der Waals surface area (Å²) in [5.41, 5.74) is 1.08. The Balaban J connectivity index is 1.79. The summed E-state index contributed by atoms with van der Waals surface area (Å²) in [5, 5.41) is 3.75. The molecule has 0 atom stereocenters. The molecular formula is C18H23N3O5S. The molecule has 8 nitrogen and oxygen atoms in total. The molecule has 0 N–H and O–H groups in total. The Morgan fingerprint density at radius 1 is 1.15 bits per heavy atom. The van der Waals surface area contributed by atoms with Crippen LogP contribution in [0.5, 0.6) is 5.75 Å². The third-order valence-corrected chi connectivity index (χ3v) is 6.45. The molecule has 146 valence electrons. The van der Waals surface area contributed by atoms with Gasteiger partial charge in [-0.3, -0.25) is 4.79 Å². The Kier molecular flexibility index (Phi) is 5.52. The molecule has 0 saturated carbocycles. The molecule has 1 aliphatic rings. The fourth-order valence-corrected chi connectivity index (χ4v) is 4.80. The first kappa shape index (κ1) is 19.4. The first-order chi connectivity index (χ1) is 12.8. The molecule has 0 bridgehead atoms. The summed E-state index contributed by atoms with van der Waals surface area (Å²) in [4.78, 5) is 14.3. The van der Waals surface area contributed by atoms with Crippen LogP contribution in [0.2, 0.25) is 0 Å². The number of methoxy groups -OCH3 is 1. The lowest BCUT2D eigenvalue weighted by Gasteiger charge is -2.22. The third-order valence-electron chi connectivity index (χ3n) is 4.53. The van der Waals surface area contributed by atoms with Crippen molar-refractivity contribution in [3.05, 3.63) is 41.3 Å². The highest BCUT2D eigenvalue weighted by Gasteiger charge is 2.31. The van der Waals surface area contributed by atoms with Crippen molar-refractivity contribution in [2.24, 2.45) is 0 Å². The van der Waals surface area contributed by atoms with Gasteiger partial charge in [-0.05, 0) is 38.0 Å². The molecule has 1 aromatic carbocycles. The number of rotatable bonds is 4. The zero-order valence-electron chi connectivity index (χ0n) is 15.6. The second kappa shape index (κ2) is 7.69. The van der Waals surface area contributed by atoms with Gasteiger partial charge in [0.25, 0.3) is 5.91 Å². The summed E-state index contributed by atoms with van der Waals surface area (Å²) in [5.74, 6) is 0.624. The number of hydrogen-bond donors (Lipinski definition) is 0. The minimum Gasteiger partial charge on any atom is -0.495 e. The van der Waals surface area contributed by atoms with Crippen molar-refractivity contribution in [1.29, 1.82) is 0 Å². The molecule has 0 unspecified atom stereocenters. The number of sulfonamides is 1. The minimum atomic E-state index is -3.72. The highest BCUT2D eigenvalue weighted by molar-refractivity contribution is 7.89. The fraction of sp³-hybridized carbons (Fsp3) is 0.444. The number of carbonyl (C=O) groups excluding carboxylic acids is 1. The van der Waals surface area contributed by atoms with Crippen LogP contribution in [-0.2, 0) is 10.0 Å². The number of carbonyl (C=O) groups is 1. The smallest absolute Gasteiger partial charge is 0.276 e. The highest BCUT2D eigenvalue weighted by atomic mass is 32.2. The summed E-state index contributed by atoms with van der Waals surface area (Å²) in [6.07, 6.45) is 0.538. The van der Waals surface area contributed by atoms with Crippen LogP contribution in [0.4, 0.5) is 0 Å². The Morgan fingerprint density at radius 2 is 1.93 bits per heavy atom. The summed E-state index contributed by atoms with van der Waals surface area (Å²) < 4.78 is 37.9. The van der Waals surface area contributed by atoms with E-state index >= 15 is 0 Å². The lowest BCUT2D eigenvalue weighted by molar-refractivity contribution is 0.0753. The fourth-order valence-electron chi connectivity index (χ4n) is 3.09. The van der Waals surface area contributed by atoms with E-state index in [2.05, 4.69) is 5.16 Å². The average molecular weight is 393 g/mol. The zero-order valence-corrected chi connectivity index (χ0v) is 16.5. The van der Waals surface area contributed by atoms with Crippen molar-refractivity contribution < 1.29 is 22.5 Å². The molecule has 2 heterocycles. The second-order valence-corrected chi connectivity index (χ2v) is 8.43. The van der Waals surface area contributed by atoms with E-state index in [1.165, 1.54) is 11.4 Å². The Bertz CT molecular complexity index is 938. The van der Waals surface area contributed by atoms with Crippen molar-refractivity contribution in [3.8, 4) is 5.75 Å². The monoisotopic (exact) mass is 393 g/mol. The first-order valence-corrected chi connectivity index (χ1v) is 10.1. The number of aromatic nitrogens is 1. The second-order valence-electron chi connectivity index (χ2n) is 6.53. The zero-order chi connectivity index (χ0) is 19.6. The number of amides is 1. The predicted octanol–water partition coefficient (Wildman–Crippen LogP) is 1.84. The average Bonchev–Trinajstić information content (AvgIpc) is 2.92. The van der Waals surface area contributed by atoms with Crippen molar-refractivity contribution in [1.82, 2.24) is 14.4 Å². The third kappa shape index (κ3) is 3.98. The SMILES string of the molecule is COc1ccc(C)cc1S(=O)(=O)N1CCCN(C(=O)c2cc(C)on2)CC1. The van der Waals surface area contributed by atoms with Crippen LogP contribution in [0, 0.1) is 13.8 Å². The van der Waals surface area contributed by atoms with E-state index in [1.807, 2.05) is 6.92 Å². The van der Waals surface area contributed by atoms with Gasteiger partial charge in [-0.1, -0.05) is 11.2 Å². The lowest BCUT2D eigenvalue weighted by Crippen LogP contribution is -2.37. The Morgan fingerprint density at radius 3 is 2.59 bits per heavy atom. The molecule has 1 aromatic heterocycles. The van der Waals surface area contributed by atoms with Gasteiger partial charge in [-0.25, -0.2) is 8.42 Å². The summed E-state index contributed by atoms with van der Waals surface area (Å²) in [6, 6.07) is 6.66.